The SMILES string of the molecule is CSc1ncc(C(C)=O)nn1. The Morgan fingerprint density at radius 3 is 2.64 bits per heavy atom. The van der Waals surface area contributed by atoms with E-state index in [0.29, 0.717) is 10.9 Å². The van der Waals surface area contributed by atoms with Gasteiger partial charge in [0.25, 0.3) is 0 Å². The van der Waals surface area contributed by atoms with E-state index in [-0.39, 0.29) is 5.78 Å². The van der Waals surface area contributed by atoms with Crippen LogP contribution in [0.2, 0.25) is 0 Å². The molecule has 0 radical (unpaired) electrons. The van der Waals surface area contributed by atoms with Crippen molar-refractivity contribution in [3.05, 3.63) is 11.9 Å². The van der Waals surface area contributed by atoms with Crippen molar-refractivity contribution in [2.24, 2.45) is 0 Å². The predicted octanol–water partition coefficient (Wildman–Crippen LogP) is 0.796. The lowest BCUT2D eigenvalue weighted by molar-refractivity contribution is 0.101. The Labute approximate surface area is 68.4 Å². The zero-order valence-corrected chi connectivity index (χ0v) is 7.05. The van der Waals surface area contributed by atoms with Crippen molar-refractivity contribution in [2.75, 3.05) is 6.26 Å². The molecule has 0 N–H and O–H groups in total. The molecular formula is C6H7N3OS. The van der Waals surface area contributed by atoms with Crippen LogP contribution in [0, 0.1) is 0 Å². The minimum absolute atomic E-state index is 0.113. The zero-order chi connectivity index (χ0) is 8.27. The first-order chi connectivity index (χ1) is 5.24. The van der Waals surface area contributed by atoms with Crippen LogP contribution < -0.4 is 0 Å². The van der Waals surface area contributed by atoms with E-state index in [1.807, 2.05) is 6.26 Å². The van der Waals surface area contributed by atoms with Crippen molar-refractivity contribution < 1.29 is 4.79 Å². The molecule has 0 saturated carbocycles. The molecule has 58 valence electrons. The number of carbonyl (C=O) groups is 1. The fourth-order valence-corrected chi connectivity index (χ4v) is 0.800. The van der Waals surface area contributed by atoms with Crippen molar-refractivity contribution in [1.82, 2.24) is 15.2 Å². The highest BCUT2D eigenvalue weighted by molar-refractivity contribution is 7.98. The Kier molecular flexibility index (Phi) is 2.53. The number of hydrogen-bond donors (Lipinski definition) is 0. The summed E-state index contributed by atoms with van der Waals surface area (Å²) >= 11 is 1.39. The molecule has 0 aliphatic rings. The van der Waals surface area contributed by atoms with Crippen LogP contribution >= 0.6 is 11.8 Å². The first-order valence-corrected chi connectivity index (χ1v) is 4.21. The van der Waals surface area contributed by atoms with Crippen molar-refractivity contribution in [3.63, 3.8) is 0 Å². The summed E-state index contributed by atoms with van der Waals surface area (Å²) < 4.78 is 0. The summed E-state index contributed by atoms with van der Waals surface area (Å²) in [6.07, 6.45) is 3.28. The minimum atomic E-state index is -0.113. The Morgan fingerprint density at radius 1 is 1.55 bits per heavy atom. The molecule has 0 aliphatic carbocycles. The molecule has 0 bridgehead atoms. The molecule has 5 heteroatoms. The Bertz CT molecular complexity index is 259. The fraction of sp³-hybridized carbons (Fsp3) is 0.333. The summed E-state index contributed by atoms with van der Waals surface area (Å²) in [5.41, 5.74) is 0.308. The third-order valence-electron chi connectivity index (χ3n) is 1.08. The lowest BCUT2D eigenvalue weighted by Gasteiger charge is -1.93. The molecular weight excluding hydrogens is 162 g/mol. The number of Topliss-reactive ketones (excluding diaryl/α,β-unsaturated/α-hetero) is 1. The lowest BCUT2D eigenvalue weighted by Crippen LogP contribution is -2.00. The maximum Gasteiger partial charge on any atom is 0.208 e. The first-order valence-electron chi connectivity index (χ1n) is 2.98. The van der Waals surface area contributed by atoms with Gasteiger partial charge in [0.15, 0.2) is 5.78 Å². The maximum atomic E-state index is 10.7. The number of nitrogens with zero attached hydrogens (tertiary/aromatic N) is 3. The maximum absolute atomic E-state index is 10.7. The second-order valence-electron chi connectivity index (χ2n) is 1.89. The van der Waals surface area contributed by atoms with Gasteiger partial charge in [-0.3, -0.25) is 4.79 Å². The van der Waals surface area contributed by atoms with Crippen molar-refractivity contribution in [1.29, 1.82) is 0 Å². The predicted molar refractivity (Wildman–Crippen MR) is 41.6 cm³/mol. The molecule has 1 rings (SSSR count). The number of ketones is 1. The van der Waals surface area contributed by atoms with E-state index in [0.717, 1.165) is 0 Å². The molecule has 0 amide bonds. The van der Waals surface area contributed by atoms with Gasteiger partial charge in [0.2, 0.25) is 5.16 Å². The summed E-state index contributed by atoms with van der Waals surface area (Å²) in [6, 6.07) is 0. The van der Waals surface area contributed by atoms with E-state index in [1.54, 1.807) is 0 Å². The number of carbonyl (C=O) groups excluding carboxylic acids is 1. The van der Waals surface area contributed by atoms with Crippen molar-refractivity contribution in [3.8, 4) is 0 Å². The first kappa shape index (κ1) is 8.13. The van der Waals surface area contributed by atoms with E-state index >= 15 is 0 Å². The number of aromatic nitrogens is 3. The minimum Gasteiger partial charge on any atom is -0.293 e. The van der Waals surface area contributed by atoms with Crippen molar-refractivity contribution in [2.45, 2.75) is 12.1 Å². The summed E-state index contributed by atoms with van der Waals surface area (Å²) in [7, 11) is 0. The Morgan fingerprint density at radius 2 is 2.27 bits per heavy atom. The summed E-state index contributed by atoms with van der Waals surface area (Å²) in [5, 5.41) is 7.94. The highest BCUT2D eigenvalue weighted by Crippen LogP contribution is 2.04. The van der Waals surface area contributed by atoms with Gasteiger partial charge in [-0.1, -0.05) is 11.8 Å². The normalized spacial score (nSPS) is 9.64. The van der Waals surface area contributed by atoms with Crippen LogP contribution in [0.5, 0.6) is 0 Å². The molecule has 0 unspecified atom stereocenters. The summed E-state index contributed by atoms with van der Waals surface area (Å²) in [4.78, 5) is 14.6. The van der Waals surface area contributed by atoms with E-state index in [4.69, 9.17) is 0 Å². The van der Waals surface area contributed by atoms with Crippen LogP contribution in [0.3, 0.4) is 0 Å². The number of hydrogen-bond acceptors (Lipinski definition) is 5. The molecule has 0 saturated heterocycles. The van der Waals surface area contributed by atoms with Gasteiger partial charge in [0.05, 0.1) is 6.20 Å². The van der Waals surface area contributed by atoms with E-state index < -0.39 is 0 Å². The van der Waals surface area contributed by atoms with Gasteiger partial charge in [0.1, 0.15) is 5.69 Å². The topological polar surface area (TPSA) is 55.7 Å². The van der Waals surface area contributed by atoms with Crippen molar-refractivity contribution >= 4 is 17.5 Å². The molecule has 0 atom stereocenters. The molecule has 11 heavy (non-hydrogen) atoms. The Balaban J connectivity index is 2.91. The lowest BCUT2D eigenvalue weighted by atomic mass is 10.3. The van der Waals surface area contributed by atoms with Crippen LogP contribution in [-0.2, 0) is 0 Å². The van der Waals surface area contributed by atoms with E-state index in [9.17, 15) is 4.79 Å². The molecule has 1 aromatic rings. The van der Waals surface area contributed by atoms with Gasteiger partial charge < -0.3 is 0 Å². The molecule has 0 fully saturated rings. The van der Waals surface area contributed by atoms with Gasteiger partial charge in [-0.2, -0.15) is 0 Å². The van der Waals surface area contributed by atoms with Gasteiger partial charge >= 0.3 is 0 Å². The number of rotatable bonds is 2. The highest BCUT2D eigenvalue weighted by atomic mass is 32.2. The molecule has 1 aromatic heterocycles. The quantitative estimate of drug-likeness (QED) is 0.484. The average Bonchev–Trinajstić information content (AvgIpc) is 2.05. The summed E-state index contributed by atoms with van der Waals surface area (Å²) in [6.45, 7) is 1.43. The third kappa shape index (κ3) is 1.98. The third-order valence-corrected chi connectivity index (χ3v) is 1.64. The van der Waals surface area contributed by atoms with Crippen LogP contribution in [0.15, 0.2) is 11.4 Å². The Hall–Kier alpha value is -0.970. The smallest absolute Gasteiger partial charge is 0.208 e. The van der Waals surface area contributed by atoms with E-state index in [1.165, 1.54) is 24.9 Å². The second-order valence-corrected chi connectivity index (χ2v) is 2.66. The average molecular weight is 169 g/mol. The molecule has 0 aliphatic heterocycles. The highest BCUT2D eigenvalue weighted by Gasteiger charge is 2.01. The second kappa shape index (κ2) is 3.43. The largest absolute Gasteiger partial charge is 0.293 e. The van der Waals surface area contributed by atoms with Gasteiger partial charge in [-0.25, -0.2) is 4.98 Å². The van der Waals surface area contributed by atoms with Crippen LogP contribution in [-0.4, -0.2) is 27.2 Å². The van der Waals surface area contributed by atoms with Crippen LogP contribution in [0.25, 0.3) is 0 Å². The summed E-state index contributed by atoms with van der Waals surface area (Å²) in [5.74, 6) is -0.113. The molecule has 1 heterocycles. The number of thioether (sulfide) groups is 1. The van der Waals surface area contributed by atoms with Crippen LogP contribution in [0.1, 0.15) is 17.4 Å². The monoisotopic (exact) mass is 169 g/mol. The standard InChI is InChI=1S/C6H7N3OS/c1-4(10)5-3-7-6(11-2)9-8-5/h3H,1-2H3. The zero-order valence-electron chi connectivity index (χ0n) is 6.24. The van der Waals surface area contributed by atoms with Crippen LogP contribution in [0.4, 0.5) is 0 Å². The molecule has 4 nitrogen and oxygen atoms in total. The van der Waals surface area contributed by atoms with Gasteiger partial charge in [0, 0.05) is 6.92 Å². The van der Waals surface area contributed by atoms with Gasteiger partial charge in [-0.15, -0.1) is 10.2 Å². The fourth-order valence-electron chi connectivity index (χ4n) is 0.519. The van der Waals surface area contributed by atoms with E-state index in [2.05, 4.69) is 15.2 Å². The van der Waals surface area contributed by atoms with Gasteiger partial charge in [-0.05, 0) is 6.26 Å². The molecule has 0 aromatic carbocycles. The molecule has 0 spiro atoms.